The smallest absolute Gasteiger partial charge is 0.271 e. The molecule has 8 heteroatoms. The minimum Gasteiger partial charge on any atom is -0.497 e. The van der Waals surface area contributed by atoms with E-state index in [0.717, 1.165) is 11.3 Å². The molecule has 1 N–H and O–H groups in total. The molecule has 0 aliphatic heterocycles. The van der Waals surface area contributed by atoms with Crippen LogP contribution in [0.5, 0.6) is 5.75 Å². The summed E-state index contributed by atoms with van der Waals surface area (Å²) in [5, 5.41) is 3.91. The molecule has 2 aromatic rings. The van der Waals surface area contributed by atoms with E-state index in [4.69, 9.17) is 4.74 Å². The summed E-state index contributed by atoms with van der Waals surface area (Å²) in [7, 11) is -2.04. The fourth-order valence-corrected chi connectivity index (χ4v) is 3.93. The van der Waals surface area contributed by atoms with Gasteiger partial charge in [0.15, 0.2) is 0 Å². The maximum Gasteiger partial charge on any atom is 0.271 e. The van der Waals surface area contributed by atoms with Crippen molar-refractivity contribution in [3.05, 3.63) is 59.7 Å². The third kappa shape index (κ3) is 5.15. The highest BCUT2D eigenvalue weighted by Crippen LogP contribution is 2.17. The number of hydrogen-bond donors (Lipinski definition) is 1. The van der Waals surface area contributed by atoms with Gasteiger partial charge < -0.3 is 4.74 Å². The van der Waals surface area contributed by atoms with Crippen LogP contribution in [-0.2, 0) is 10.0 Å². The molecule has 0 saturated carbocycles. The predicted octanol–water partition coefficient (Wildman–Crippen LogP) is 2.49. The zero-order valence-electron chi connectivity index (χ0n) is 15.5. The van der Waals surface area contributed by atoms with Crippen molar-refractivity contribution in [3.8, 4) is 5.75 Å². The lowest BCUT2D eigenvalue weighted by molar-refractivity contribution is 0.0955. The van der Waals surface area contributed by atoms with Crippen LogP contribution in [-0.4, -0.2) is 45.0 Å². The van der Waals surface area contributed by atoms with Gasteiger partial charge in [-0.2, -0.15) is 9.41 Å². The van der Waals surface area contributed by atoms with Crippen LogP contribution in [0.1, 0.15) is 29.8 Å². The van der Waals surface area contributed by atoms with Crippen molar-refractivity contribution >= 4 is 22.1 Å². The Hall–Kier alpha value is -2.71. The van der Waals surface area contributed by atoms with E-state index in [1.54, 1.807) is 57.4 Å². The molecule has 0 heterocycles. The van der Waals surface area contributed by atoms with Gasteiger partial charge in [0.2, 0.25) is 10.0 Å². The molecular weight excluding hydrogens is 366 g/mol. The first kappa shape index (κ1) is 20.6. The van der Waals surface area contributed by atoms with E-state index in [1.807, 2.05) is 0 Å². The average molecular weight is 389 g/mol. The SMILES string of the molecule is CCN(CC)S(=O)(=O)c1cccc(C(=O)N/N=C\c2ccc(OC)cc2)c1. The number of carbonyl (C=O) groups excluding carboxylic acids is 1. The monoisotopic (exact) mass is 389 g/mol. The molecule has 0 radical (unpaired) electrons. The Kier molecular flexibility index (Phi) is 7.09. The van der Waals surface area contributed by atoms with E-state index in [1.165, 1.54) is 22.7 Å². The second-order valence-electron chi connectivity index (χ2n) is 5.59. The molecule has 0 bridgehead atoms. The van der Waals surface area contributed by atoms with Crippen LogP contribution in [0.4, 0.5) is 0 Å². The molecule has 1 amide bonds. The van der Waals surface area contributed by atoms with Gasteiger partial charge in [0.05, 0.1) is 18.2 Å². The number of methoxy groups -OCH3 is 1. The summed E-state index contributed by atoms with van der Waals surface area (Å²) in [5.41, 5.74) is 3.41. The second-order valence-corrected chi connectivity index (χ2v) is 7.53. The Labute approximate surface area is 159 Å². The number of benzene rings is 2. The minimum absolute atomic E-state index is 0.0815. The highest BCUT2D eigenvalue weighted by Gasteiger charge is 2.22. The molecule has 27 heavy (non-hydrogen) atoms. The number of amides is 1. The van der Waals surface area contributed by atoms with Crippen molar-refractivity contribution in [2.75, 3.05) is 20.2 Å². The number of carbonyl (C=O) groups is 1. The summed E-state index contributed by atoms with van der Waals surface area (Å²) in [6, 6.07) is 13.1. The summed E-state index contributed by atoms with van der Waals surface area (Å²) in [6.45, 7) is 4.26. The molecule has 0 aliphatic carbocycles. The third-order valence-corrected chi connectivity index (χ3v) is 5.98. The summed E-state index contributed by atoms with van der Waals surface area (Å²) in [5.74, 6) is 0.235. The first-order valence-electron chi connectivity index (χ1n) is 8.50. The van der Waals surface area contributed by atoms with Gasteiger partial charge in [-0.25, -0.2) is 13.8 Å². The van der Waals surface area contributed by atoms with E-state index < -0.39 is 15.9 Å². The quantitative estimate of drug-likeness (QED) is 0.555. The zero-order valence-corrected chi connectivity index (χ0v) is 16.4. The zero-order chi connectivity index (χ0) is 19.9. The van der Waals surface area contributed by atoms with Crippen LogP contribution in [0.15, 0.2) is 58.5 Å². The fourth-order valence-electron chi connectivity index (χ4n) is 2.43. The molecule has 0 unspecified atom stereocenters. The Morgan fingerprint density at radius 3 is 2.41 bits per heavy atom. The van der Waals surface area contributed by atoms with Crippen molar-refractivity contribution in [2.45, 2.75) is 18.7 Å². The number of rotatable bonds is 8. The molecule has 2 rings (SSSR count). The lowest BCUT2D eigenvalue weighted by atomic mass is 10.2. The number of ether oxygens (including phenoxy) is 1. The Morgan fingerprint density at radius 2 is 1.81 bits per heavy atom. The van der Waals surface area contributed by atoms with Crippen LogP contribution < -0.4 is 10.2 Å². The molecule has 0 fully saturated rings. The van der Waals surface area contributed by atoms with Gasteiger partial charge in [0.1, 0.15) is 5.75 Å². The van der Waals surface area contributed by atoms with Crippen molar-refractivity contribution in [1.82, 2.24) is 9.73 Å². The summed E-state index contributed by atoms with van der Waals surface area (Å²) in [4.78, 5) is 12.4. The maximum atomic E-state index is 12.6. The highest BCUT2D eigenvalue weighted by molar-refractivity contribution is 7.89. The minimum atomic E-state index is -3.62. The van der Waals surface area contributed by atoms with E-state index >= 15 is 0 Å². The van der Waals surface area contributed by atoms with Crippen LogP contribution in [0.3, 0.4) is 0 Å². The van der Waals surface area contributed by atoms with Gasteiger partial charge >= 0.3 is 0 Å². The third-order valence-electron chi connectivity index (χ3n) is 3.93. The number of nitrogens with zero attached hydrogens (tertiary/aromatic N) is 2. The second kappa shape index (κ2) is 9.29. The van der Waals surface area contributed by atoms with Crippen LogP contribution >= 0.6 is 0 Å². The van der Waals surface area contributed by atoms with Gasteiger partial charge in [-0.1, -0.05) is 19.9 Å². The summed E-state index contributed by atoms with van der Waals surface area (Å²) in [6.07, 6.45) is 1.49. The number of hydrogen-bond acceptors (Lipinski definition) is 5. The van der Waals surface area contributed by atoms with Gasteiger partial charge in [0, 0.05) is 18.7 Å². The first-order valence-corrected chi connectivity index (χ1v) is 9.94. The number of sulfonamides is 1. The molecule has 0 saturated heterocycles. The lowest BCUT2D eigenvalue weighted by Gasteiger charge is -2.18. The number of nitrogens with one attached hydrogen (secondary N) is 1. The normalized spacial score (nSPS) is 11.7. The molecule has 7 nitrogen and oxygen atoms in total. The van der Waals surface area contributed by atoms with Crippen LogP contribution in [0, 0.1) is 0 Å². The van der Waals surface area contributed by atoms with Crippen LogP contribution in [0.2, 0.25) is 0 Å². The van der Waals surface area contributed by atoms with Gasteiger partial charge in [-0.05, 0) is 48.0 Å². The Balaban J connectivity index is 2.11. The van der Waals surface area contributed by atoms with Gasteiger partial charge in [-0.15, -0.1) is 0 Å². The van der Waals surface area contributed by atoms with Crippen molar-refractivity contribution < 1.29 is 17.9 Å². The van der Waals surface area contributed by atoms with Gasteiger partial charge in [-0.3, -0.25) is 4.79 Å². The summed E-state index contributed by atoms with van der Waals surface area (Å²) < 4.78 is 31.6. The lowest BCUT2D eigenvalue weighted by Crippen LogP contribution is -2.30. The fraction of sp³-hybridized carbons (Fsp3) is 0.263. The molecule has 144 valence electrons. The van der Waals surface area contributed by atoms with Gasteiger partial charge in [0.25, 0.3) is 5.91 Å². The van der Waals surface area contributed by atoms with Crippen molar-refractivity contribution in [3.63, 3.8) is 0 Å². The maximum absolute atomic E-state index is 12.6. The molecule has 0 aromatic heterocycles. The molecule has 0 aliphatic rings. The van der Waals surface area contributed by atoms with E-state index in [-0.39, 0.29) is 10.5 Å². The van der Waals surface area contributed by atoms with Crippen LogP contribution in [0.25, 0.3) is 0 Å². The predicted molar refractivity (Wildman–Crippen MR) is 105 cm³/mol. The molecule has 0 spiro atoms. The molecule has 2 aromatic carbocycles. The molecular formula is C19H23N3O4S. The molecule has 0 atom stereocenters. The topological polar surface area (TPSA) is 88.1 Å². The van der Waals surface area contributed by atoms with Crippen molar-refractivity contribution in [1.29, 1.82) is 0 Å². The average Bonchev–Trinajstić information content (AvgIpc) is 2.69. The summed E-state index contributed by atoms with van der Waals surface area (Å²) >= 11 is 0. The Morgan fingerprint density at radius 1 is 1.15 bits per heavy atom. The van der Waals surface area contributed by atoms with Crippen molar-refractivity contribution in [2.24, 2.45) is 5.10 Å². The van der Waals surface area contributed by atoms with E-state index in [2.05, 4.69) is 10.5 Å². The Bertz CT molecular complexity index is 905. The first-order chi connectivity index (χ1) is 12.9. The largest absolute Gasteiger partial charge is 0.497 e. The highest BCUT2D eigenvalue weighted by atomic mass is 32.2. The standard InChI is InChI=1S/C19H23N3O4S/c1-4-22(5-2)27(24,25)18-8-6-7-16(13-18)19(23)21-20-14-15-9-11-17(26-3)12-10-15/h6-14H,4-5H2,1-3H3,(H,21,23)/b20-14-. The number of hydrazone groups is 1. The van der Waals surface area contributed by atoms with E-state index in [9.17, 15) is 13.2 Å². The van der Waals surface area contributed by atoms with E-state index in [0.29, 0.717) is 13.1 Å².